The average Bonchev–Trinajstić information content (AvgIpc) is 2.82. The lowest BCUT2D eigenvalue weighted by molar-refractivity contribution is -0.122. The van der Waals surface area contributed by atoms with Crippen LogP contribution in [0.2, 0.25) is 0 Å². The molecule has 3 aromatic rings. The molecule has 1 fully saturated rings. The van der Waals surface area contributed by atoms with Crippen molar-refractivity contribution in [3.63, 3.8) is 0 Å². The van der Waals surface area contributed by atoms with Crippen molar-refractivity contribution in [3.8, 4) is 11.8 Å². The lowest BCUT2D eigenvalue weighted by Crippen LogP contribution is -2.54. The molecule has 0 bridgehead atoms. The maximum Gasteiger partial charge on any atom is 0.270 e. The first kappa shape index (κ1) is 21.9. The van der Waals surface area contributed by atoms with Crippen LogP contribution in [0.4, 0.5) is 10.1 Å². The number of anilines is 1. The molecular weight excluding hydrogens is 441 g/mol. The van der Waals surface area contributed by atoms with E-state index in [9.17, 15) is 19.2 Å². The topological polar surface area (TPSA) is 82.4 Å². The third-order valence-corrected chi connectivity index (χ3v) is 5.22. The first-order chi connectivity index (χ1) is 16.0. The minimum absolute atomic E-state index is 0.0592. The monoisotopic (exact) mass is 457 g/mol. The summed E-state index contributed by atoms with van der Waals surface area (Å²) < 4.78 is 20.2. The van der Waals surface area contributed by atoms with Crippen LogP contribution in [0, 0.1) is 17.1 Å². The van der Waals surface area contributed by atoms with Crippen LogP contribution in [0.15, 0.2) is 78.4 Å². The number of nitrogens with zero attached hydrogens (tertiary/aromatic N) is 2. The molecule has 2 amide bonds. The second kappa shape index (κ2) is 9.42. The molecule has 33 heavy (non-hydrogen) atoms. The number of nitrogens with one attached hydrogen (secondary N) is 1. The maximum absolute atomic E-state index is 14.3. The van der Waals surface area contributed by atoms with Gasteiger partial charge in [-0.1, -0.05) is 48.5 Å². The van der Waals surface area contributed by atoms with Gasteiger partial charge in [-0.15, -0.1) is 0 Å². The largest absolute Gasteiger partial charge is 0.488 e. The van der Waals surface area contributed by atoms with E-state index in [2.05, 4.69) is 11.4 Å². The van der Waals surface area contributed by atoms with E-state index in [0.29, 0.717) is 22.4 Å². The standard InChI is InChI=1S/C25H16FN3O3S/c26-20-10-4-5-11-21(20)29-24(31)19(23(30)28-25(29)33)13-16-7-3-6-12-22(16)32-15-18-9-2-1-8-17(18)14-27/h1-13H,15H2,(H,28,30,33)/b19-13+. The van der Waals surface area contributed by atoms with Crippen molar-refractivity contribution in [2.45, 2.75) is 6.61 Å². The average molecular weight is 457 g/mol. The number of nitriles is 1. The number of rotatable bonds is 5. The molecule has 1 aliphatic heterocycles. The highest BCUT2D eigenvalue weighted by Crippen LogP contribution is 2.27. The SMILES string of the molecule is N#Cc1ccccc1COc1ccccc1/C=C1\C(=O)NC(=S)N(c2ccccc2F)C1=O. The highest BCUT2D eigenvalue weighted by Gasteiger charge is 2.35. The normalized spacial score (nSPS) is 14.7. The molecule has 0 aromatic heterocycles. The van der Waals surface area contributed by atoms with Crippen molar-refractivity contribution < 1.29 is 18.7 Å². The van der Waals surface area contributed by atoms with Crippen molar-refractivity contribution in [2.75, 3.05) is 4.90 Å². The van der Waals surface area contributed by atoms with E-state index in [1.165, 1.54) is 24.3 Å². The Hall–Kier alpha value is -4.35. The van der Waals surface area contributed by atoms with Gasteiger partial charge in [-0.3, -0.25) is 14.9 Å². The van der Waals surface area contributed by atoms with Crippen molar-refractivity contribution in [3.05, 3.63) is 101 Å². The van der Waals surface area contributed by atoms with Gasteiger partial charge in [-0.2, -0.15) is 5.26 Å². The number of carbonyl (C=O) groups is 2. The Labute approximate surface area is 194 Å². The fourth-order valence-corrected chi connectivity index (χ4v) is 3.58. The minimum Gasteiger partial charge on any atom is -0.488 e. The number of amides is 2. The number of thiocarbonyl (C=S) groups is 1. The molecule has 0 aliphatic carbocycles. The van der Waals surface area contributed by atoms with Gasteiger partial charge in [0.05, 0.1) is 17.3 Å². The molecule has 8 heteroatoms. The van der Waals surface area contributed by atoms with Crippen molar-refractivity contribution >= 4 is 40.9 Å². The summed E-state index contributed by atoms with van der Waals surface area (Å²) in [5.41, 5.74) is 1.37. The highest BCUT2D eigenvalue weighted by molar-refractivity contribution is 7.80. The zero-order valence-corrected chi connectivity index (χ0v) is 17.9. The Balaban J connectivity index is 1.66. The molecule has 1 heterocycles. The smallest absolute Gasteiger partial charge is 0.270 e. The zero-order valence-electron chi connectivity index (χ0n) is 17.1. The van der Waals surface area contributed by atoms with Gasteiger partial charge in [0.1, 0.15) is 23.7 Å². The Morgan fingerprint density at radius 3 is 2.52 bits per heavy atom. The van der Waals surface area contributed by atoms with Crippen LogP contribution in [0.5, 0.6) is 5.75 Å². The summed E-state index contributed by atoms with van der Waals surface area (Å²) in [6.07, 6.45) is 1.37. The number of ether oxygens (including phenoxy) is 1. The Bertz CT molecular complexity index is 1350. The van der Waals surface area contributed by atoms with E-state index in [1.54, 1.807) is 54.6 Å². The molecule has 6 nitrogen and oxygen atoms in total. The molecule has 3 aromatic carbocycles. The van der Waals surface area contributed by atoms with Gasteiger partial charge in [0.2, 0.25) is 0 Å². The van der Waals surface area contributed by atoms with Crippen LogP contribution >= 0.6 is 12.2 Å². The van der Waals surface area contributed by atoms with Crippen LogP contribution in [0.3, 0.4) is 0 Å². The quantitative estimate of drug-likeness (QED) is 0.354. The molecule has 1 saturated heterocycles. The van der Waals surface area contributed by atoms with E-state index in [-0.39, 0.29) is 23.0 Å². The molecule has 0 spiro atoms. The second-order valence-electron chi connectivity index (χ2n) is 7.00. The molecule has 0 unspecified atom stereocenters. The van der Waals surface area contributed by atoms with Crippen LogP contribution in [-0.4, -0.2) is 16.9 Å². The molecule has 4 rings (SSSR count). The van der Waals surface area contributed by atoms with Gasteiger partial charge in [0.25, 0.3) is 11.8 Å². The van der Waals surface area contributed by atoms with Crippen molar-refractivity contribution in [2.24, 2.45) is 0 Å². The summed E-state index contributed by atoms with van der Waals surface area (Å²) in [4.78, 5) is 26.7. The molecule has 0 radical (unpaired) electrons. The fourth-order valence-electron chi connectivity index (χ4n) is 3.31. The Kier molecular flexibility index (Phi) is 6.24. The predicted molar refractivity (Wildman–Crippen MR) is 125 cm³/mol. The number of hydrogen-bond donors (Lipinski definition) is 1. The Morgan fingerprint density at radius 1 is 1.03 bits per heavy atom. The van der Waals surface area contributed by atoms with Crippen LogP contribution in [0.1, 0.15) is 16.7 Å². The van der Waals surface area contributed by atoms with Gasteiger partial charge >= 0.3 is 0 Å². The van der Waals surface area contributed by atoms with Gasteiger partial charge < -0.3 is 4.74 Å². The number of benzene rings is 3. The number of carbonyl (C=O) groups excluding carboxylic acids is 2. The molecular formula is C25H16FN3O3S. The summed E-state index contributed by atoms with van der Waals surface area (Å²) in [5, 5.41) is 11.5. The Morgan fingerprint density at radius 2 is 1.73 bits per heavy atom. The van der Waals surface area contributed by atoms with E-state index >= 15 is 0 Å². The van der Waals surface area contributed by atoms with Crippen LogP contribution < -0.4 is 15.0 Å². The fraction of sp³-hybridized carbons (Fsp3) is 0.0400. The highest BCUT2D eigenvalue weighted by atomic mass is 32.1. The number of para-hydroxylation sites is 2. The van der Waals surface area contributed by atoms with E-state index < -0.39 is 17.6 Å². The van der Waals surface area contributed by atoms with Crippen LogP contribution in [0.25, 0.3) is 6.08 Å². The van der Waals surface area contributed by atoms with Gasteiger partial charge in [0.15, 0.2) is 5.11 Å². The number of hydrogen-bond acceptors (Lipinski definition) is 5. The summed E-state index contributed by atoms with van der Waals surface area (Å²) in [7, 11) is 0. The summed E-state index contributed by atoms with van der Waals surface area (Å²) >= 11 is 5.11. The van der Waals surface area contributed by atoms with Crippen LogP contribution in [-0.2, 0) is 16.2 Å². The predicted octanol–water partition coefficient (Wildman–Crippen LogP) is 4.11. The maximum atomic E-state index is 14.3. The second-order valence-corrected chi connectivity index (χ2v) is 7.39. The molecule has 1 aliphatic rings. The lowest BCUT2D eigenvalue weighted by Gasteiger charge is -2.29. The summed E-state index contributed by atoms with van der Waals surface area (Å²) in [6, 6.07) is 21.7. The van der Waals surface area contributed by atoms with Gasteiger partial charge in [0, 0.05) is 11.1 Å². The third-order valence-electron chi connectivity index (χ3n) is 4.93. The van der Waals surface area contributed by atoms with Crippen molar-refractivity contribution in [1.82, 2.24) is 5.32 Å². The zero-order chi connectivity index (χ0) is 23.4. The molecule has 162 valence electrons. The van der Waals surface area contributed by atoms with E-state index in [4.69, 9.17) is 17.0 Å². The summed E-state index contributed by atoms with van der Waals surface area (Å²) in [5.74, 6) is -1.69. The first-order valence-electron chi connectivity index (χ1n) is 9.85. The van der Waals surface area contributed by atoms with Gasteiger partial charge in [-0.25, -0.2) is 9.29 Å². The first-order valence-corrected chi connectivity index (χ1v) is 10.3. The molecule has 1 N–H and O–H groups in total. The van der Waals surface area contributed by atoms with E-state index in [1.807, 2.05) is 0 Å². The lowest BCUT2D eigenvalue weighted by atomic mass is 10.1. The molecule has 0 atom stereocenters. The van der Waals surface area contributed by atoms with E-state index in [0.717, 1.165) is 4.90 Å². The third kappa shape index (κ3) is 4.49. The molecule has 0 saturated carbocycles. The van der Waals surface area contributed by atoms with Gasteiger partial charge in [-0.05, 0) is 42.6 Å². The summed E-state index contributed by atoms with van der Waals surface area (Å²) in [6.45, 7) is 0.121. The minimum atomic E-state index is -0.751. The van der Waals surface area contributed by atoms with Crippen molar-refractivity contribution in [1.29, 1.82) is 5.26 Å². The number of halogens is 1.